The van der Waals surface area contributed by atoms with Crippen molar-refractivity contribution in [2.45, 2.75) is 11.8 Å². The first-order valence-electron chi connectivity index (χ1n) is 4.37. The Morgan fingerprint density at radius 2 is 2.36 bits per heavy atom. The van der Waals surface area contributed by atoms with Crippen LogP contribution >= 0.6 is 11.6 Å². The Bertz CT molecular complexity index is 378. The Morgan fingerprint density at radius 1 is 1.57 bits per heavy atom. The molecule has 4 heteroatoms. The summed E-state index contributed by atoms with van der Waals surface area (Å²) in [4.78, 5) is 10.9. The third kappa shape index (κ3) is 1.55. The largest absolute Gasteiger partial charge is 0.493 e. The van der Waals surface area contributed by atoms with Gasteiger partial charge in [-0.2, -0.15) is 0 Å². The number of nitrogens with two attached hydrogens (primary N) is 1. The van der Waals surface area contributed by atoms with Crippen LogP contribution in [-0.4, -0.2) is 12.5 Å². The van der Waals surface area contributed by atoms with E-state index < -0.39 is 11.3 Å². The van der Waals surface area contributed by atoms with Crippen LogP contribution in [0.3, 0.4) is 0 Å². The van der Waals surface area contributed by atoms with Crippen molar-refractivity contribution in [1.82, 2.24) is 0 Å². The van der Waals surface area contributed by atoms with Gasteiger partial charge in [-0.15, -0.1) is 11.6 Å². The molecule has 1 unspecified atom stereocenters. The van der Waals surface area contributed by atoms with Gasteiger partial charge in [-0.1, -0.05) is 6.07 Å². The molecular weight excluding hydrogens is 202 g/mol. The second-order valence-corrected chi connectivity index (χ2v) is 3.67. The van der Waals surface area contributed by atoms with E-state index in [1.54, 1.807) is 6.07 Å². The molecule has 1 aliphatic rings. The Balaban J connectivity index is 2.33. The van der Waals surface area contributed by atoms with Gasteiger partial charge in [0.15, 0.2) is 0 Å². The maximum Gasteiger partial charge on any atom is 0.240 e. The molecule has 1 aromatic rings. The molecule has 1 aliphatic heterocycles. The number of ether oxygens (including phenoxy) is 1. The molecule has 0 saturated carbocycles. The molecule has 2 rings (SSSR count). The highest BCUT2D eigenvalue weighted by molar-refractivity contribution is 6.30. The van der Waals surface area contributed by atoms with Crippen molar-refractivity contribution in [3.05, 3.63) is 29.3 Å². The van der Waals surface area contributed by atoms with E-state index in [1.165, 1.54) is 0 Å². The zero-order valence-corrected chi connectivity index (χ0v) is 8.25. The van der Waals surface area contributed by atoms with Crippen LogP contribution in [0.25, 0.3) is 0 Å². The van der Waals surface area contributed by atoms with E-state index in [0.29, 0.717) is 6.61 Å². The molecule has 0 aromatic heterocycles. The Kier molecular flexibility index (Phi) is 2.33. The lowest BCUT2D eigenvalue weighted by Gasteiger charge is -2.06. The van der Waals surface area contributed by atoms with Crippen molar-refractivity contribution in [2.24, 2.45) is 5.73 Å². The van der Waals surface area contributed by atoms with E-state index in [2.05, 4.69) is 0 Å². The minimum Gasteiger partial charge on any atom is -0.493 e. The van der Waals surface area contributed by atoms with Crippen molar-refractivity contribution in [2.75, 3.05) is 6.61 Å². The van der Waals surface area contributed by atoms with Crippen molar-refractivity contribution in [3.63, 3.8) is 0 Å². The third-order valence-electron chi connectivity index (χ3n) is 2.26. The quantitative estimate of drug-likeness (QED) is 0.752. The molecule has 0 radical (unpaired) electrons. The maximum atomic E-state index is 10.9. The molecule has 14 heavy (non-hydrogen) atoms. The second-order valence-electron chi connectivity index (χ2n) is 3.23. The highest BCUT2D eigenvalue weighted by atomic mass is 35.5. The topological polar surface area (TPSA) is 52.3 Å². The van der Waals surface area contributed by atoms with Gasteiger partial charge in [-0.05, 0) is 23.3 Å². The fourth-order valence-corrected chi connectivity index (χ4v) is 1.66. The monoisotopic (exact) mass is 211 g/mol. The van der Waals surface area contributed by atoms with Gasteiger partial charge < -0.3 is 10.5 Å². The van der Waals surface area contributed by atoms with E-state index in [1.807, 2.05) is 12.1 Å². The number of carbonyl (C=O) groups is 1. The zero-order chi connectivity index (χ0) is 10.1. The molecule has 0 aliphatic carbocycles. The summed E-state index contributed by atoms with van der Waals surface area (Å²) in [6.45, 7) is 0.697. The van der Waals surface area contributed by atoms with Gasteiger partial charge in [0.25, 0.3) is 0 Å². The molecule has 0 spiro atoms. The molecule has 1 amide bonds. The number of hydrogen-bond donors (Lipinski definition) is 1. The number of carbonyl (C=O) groups excluding carboxylic acids is 1. The third-order valence-corrected chi connectivity index (χ3v) is 2.72. The highest BCUT2D eigenvalue weighted by Gasteiger charge is 2.18. The van der Waals surface area contributed by atoms with Gasteiger partial charge in [0.2, 0.25) is 5.91 Å². The summed E-state index contributed by atoms with van der Waals surface area (Å²) < 4.78 is 5.33. The summed E-state index contributed by atoms with van der Waals surface area (Å²) in [6, 6.07) is 5.48. The van der Waals surface area contributed by atoms with Crippen molar-refractivity contribution < 1.29 is 9.53 Å². The number of hydrogen-bond acceptors (Lipinski definition) is 2. The van der Waals surface area contributed by atoms with E-state index in [-0.39, 0.29) is 0 Å². The average molecular weight is 212 g/mol. The lowest BCUT2D eigenvalue weighted by atomic mass is 10.1. The number of halogens is 1. The van der Waals surface area contributed by atoms with Crippen LogP contribution in [0.4, 0.5) is 0 Å². The first kappa shape index (κ1) is 9.34. The molecule has 1 aromatic carbocycles. The van der Waals surface area contributed by atoms with E-state index in [4.69, 9.17) is 22.1 Å². The Hall–Kier alpha value is -1.22. The van der Waals surface area contributed by atoms with Crippen molar-refractivity contribution in [3.8, 4) is 5.75 Å². The summed E-state index contributed by atoms with van der Waals surface area (Å²) in [5.74, 6) is 0.354. The number of benzene rings is 1. The number of amides is 1. The smallest absolute Gasteiger partial charge is 0.240 e. The number of fused-ring (bicyclic) bond motifs is 1. The zero-order valence-electron chi connectivity index (χ0n) is 7.50. The molecule has 2 N–H and O–H groups in total. The summed E-state index contributed by atoms with van der Waals surface area (Å²) in [7, 11) is 0. The minimum atomic E-state index is -0.749. The number of rotatable bonds is 2. The van der Waals surface area contributed by atoms with Crippen molar-refractivity contribution >= 4 is 17.5 Å². The predicted molar refractivity (Wildman–Crippen MR) is 53.4 cm³/mol. The first-order valence-corrected chi connectivity index (χ1v) is 4.81. The molecule has 1 atom stereocenters. The molecule has 1 heterocycles. The van der Waals surface area contributed by atoms with Crippen LogP contribution in [-0.2, 0) is 11.2 Å². The second kappa shape index (κ2) is 3.50. The van der Waals surface area contributed by atoms with Gasteiger partial charge >= 0.3 is 0 Å². The average Bonchev–Trinajstić information content (AvgIpc) is 2.62. The highest BCUT2D eigenvalue weighted by Crippen LogP contribution is 2.29. The molecule has 3 nitrogen and oxygen atoms in total. The minimum absolute atomic E-state index is 0.523. The van der Waals surface area contributed by atoms with Crippen LogP contribution in [0.1, 0.15) is 16.5 Å². The van der Waals surface area contributed by atoms with E-state index in [0.717, 1.165) is 23.3 Å². The summed E-state index contributed by atoms with van der Waals surface area (Å²) in [5.41, 5.74) is 6.94. The molecular formula is C10H10ClNO2. The van der Waals surface area contributed by atoms with E-state index in [9.17, 15) is 4.79 Å². The summed E-state index contributed by atoms with van der Waals surface area (Å²) in [5, 5.41) is -0.749. The van der Waals surface area contributed by atoms with Gasteiger partial charge in [0, 0.05) is 6.42 Å². The SMILES string of the molecule is NC(=O)C(Cl)c1ccc2c(c1)CCO2. The standard InChI is InChI=1S/C10H10ClNO2/c11-9(10(12)13)7-1-2-8-6(5-7)3-4-14-8/h1-2,5,9H,3-4H2,(H2,12,13). The maximum absolute atomic E-state index is 10.9. The lowest BCUT2D eigenvalue weighted by Crippen LogP contribution is -2.16. The number of primary amides is 1. The molecule has 0 saturated heterocycles. The van der Waals surface area contributed by atoms with Gasteiger partial charge in [0.1, 0.15) is 11.1 Å². The van der Waals surface area contributed by atoms with Gasteiger partial charge in [0.05, 0.1) is 6.61 Å². The summed E-state index contributed by atoms with van der Waals surface area (Å²) in [6.07, 6.45) is 0.867. The van der Waals surface area contributed by atoms with Crippen molar-refractivity contribution in [1.29, 1.82) is 0 Å². The fourth-order valence-electron chi connectivity index (χ4n) is 1.53. The molecule has 0 bridgehead atoms. The Labute approximate surface area is 86.8 Å². The van der Waals surface area contributed by atoms with Gasteiger partial charge in [-0.25, -0.2) is 0 Å². The first-order chi connectivity index (χ1) is 6.68. The Morgan fingerprint density at radius 3 is 3.07 bits per heavy atom. The molecule has 0 fully saturated rings. The predicted octanol–water partition coefficient (Wildman–Crippen LogP) is 1.39. The van der Waals surface area contributed by atoms with E-state index >= 15 is 0 Å². The van der Waals surface area contributed by atoms with Gasteiger partial charge in [-0.3, -0.25) is 4.79 Å². The van der Waals surface area contributed by atoms with Crippen LogP contribution < -0.4 is 10.5 Å². The normalized spacial score (nSPS) is 15.8. The molecule has 74 valence electrons. The fraction of sp³-hybridized carbons (Fsp3) is 0.300. The van der Waals surface area contributed by atoms with Crippen LogP contribution in [0.15, 0.2) is 18.2 Å². The lowest BCUT2D eigenvalue weighted by molar-refractivity contribution is -0.117. The van der Waals surface area contributed by atoms with Crippen LogP contribution in [0.5, 0.6) is 5.75 Å². The summed E-state index contributed by atoms with van der Waals surface area (Å²) >= 11 is 5.83. The number of alkyl halides is 1. The van der Waals surface area contributed by atoms with Crippen LogP contribution in [0.2, 0.25) is 0 Å². The van der Waals surface area contributed by atoms with Crippen LogP contribution in [0, 0.1) is 0 Å².